The summed E-state index contributed by atoms with van der Waals surface area (Å²) in [6, 6.07) is 6.35. The van der Waals surface area contributed by atoms with Crippen molar-refractivity contribution in [3.05, 3.63) is 49.6 Å². The molecule has 1 aromatic heterocycles. The first kappa shape index (κ1) is 14.4. The van der Waals surface area contributed by atoms with Crippen molar-refractivity contribution in [1.29, 1.82) is 0 Å². The molecule has 0 radical (unpaired) electrons. The first-order chi connectivity index (χ1) is 9.97. The van der Waals surface area contributed by atoms with Crippen LogP contribution in [0.15, 0.2) is 24.3 Å². The van der Waals surface area contributed by atoms with Crippen molar-refractivity contribution in [2.24, 2.45) is 0 Å². The van der Waals surface area contributed by atoms with Gasteiger partial charge in [0.1, 0.15) is 4.34 Å². The lowest BCUT2D eigenvalue weighted by Gasteiger charge is -2.17. The fourth-order valence-electron chi connectivity index (χ4n) is 2.35. The molecule has 1 aliphatic heterocycles. The van der Waals surface area contributed by atoms with Gasteiger partial charge in [-0.3, -0.25) is 4.79 Å². The summed E-state index contributed by atoms with van der Waals surface area (Å²) in [5, 5.41) is 9.07. The highest BCUT2D eigenvalue weighted by atomic mass is 35.5. The zero-order chi connectivity index (χ0) is 15.1. The van der Waals surface area contributed by atoms with Crippen LogP contribution in [0.1, 0.15) is 26.3 Å². The van der Waals surface area contributed by atoms with Gasteiger partial charge in [-0.05, 0) is 30.2 Å². The summed E-state index contributed by atoms with van der Waals surface area (Å²) in [4.78, 5) is 25.2. The smallest absolute Gasteiger partial charge is 0.335 e. The van der Waals surface area contributed by atoms with Crippen molar-refractivity contribution in [2.45, 2.75) is 6.42 Å². The second-order valence-electron chi connectivity index (χ2n) is 4.59. The highest BCUT2D eigenvalue weighted by Gasteiger charge is 2.28. The van der Waals surface area contributed by atoms with Crippen LogP contribution in [0.3, 0.4) is 0 Å². The molecule has 0 fully saturated rings. The lowest BCUT2D eigenvalue weighted by molar-refractivity contribution is 0.0696. The van der Waals surface area contributed by atoms with E-state index in [-0.39, 0.29) is 11.5 Å². The second-order valence-corrected chi connectivity index (χ2v) is 6.88. The number of hydrogen-bond acceptors (Lipinski definition) is 3. The van der Waals surface area contributed by atoms with Crippen LogP contribution < -0.4 is 4.90 Å². The van der Waals surface area contributed by atoms with E-state index in [9.17, 15) is 9.59 Å². The minimum Gasteiger partial charge on any atom is -0.478 e. The van der Waals surface area contributed by atoms with Crippen LogP contribution in [-0.2, 0) is 6.42 Å². The number of carboxylic acids is 1. The molecule has 0 unspecified atom stereocenters. The molecule has 1 N–H and O–H groups in total. The number of carboxylic acid groups (broad SMARTS) is 1. The topological polar surface area (TPSA) is 57.6 Å². The van der Waals surface area contributed by atoms with Gasteiger partial charge in [-0.25, -0.2) is 4.79 Å². The number of carbonyl (C=O) groups excluding carboxylic acids is 1. The Kier molecular flexibility index (Phi) is 3.65. The number of hydrogen-bond donors (Lipinski definition) is 1. The number of anilines is 1. The van der Waals surface area contributed by atoms with Gasteiger partial charge in [-0.1, -0.05) is 29.3 Å². The summed E-state index contributed by atoms with van der Waals surface area (Å²) in [5.74, 6) is -1.28. The monoisotopic (exact) mass is 341 g/mol. The molecule has 7 heteroatoms. The molecule has 0 aliphatic carbocycles. The minimum atomic E-state index is -1.02. The van der Waals surface area contributed by atoms with Crippen LogP contribution >= 0.6 is 34.5 Å². The van der Waals surface area contributed by atoms with E-state index in [1.807, 2.05) is 0 Å². The van der Waals surface area contributed by atoms with Crippen LogP contribution in [-0.4, -0.2) is 23.5 Å². The molecule has 2 heterocycles. The molecule has 3 rings (SSSR count). The molecule has 4 nitrogen and oxygen atoms in total. The lowest BCUT2D eigenvalue weighted by Crippen LogP contribution is -2.28. The SMILES string of the molecule is O=C(O)c1ccc2c(c1)N(C(=O)c1cc(Cl)sc1Cl)CC2. The van der Waals surface area contributed by atoms with Gasteiger partial charge in [0.2, 0.25) is 0 Å². The molecule has 1 amide bonds. The van der Waals surface area contributed by atoms with Gasteiger partial charge in [0, 0.05) is 12.2 Å². The molecule has 0 atom stereocenters. The Bertz CT molecular complexity index is 757. The van der Waals surface area contributed by atoms with Crippen molar-refractivity contribution >= 4 is 52.1 Å². The first-order valence-electron chi connectivity index (χ1n) is 6.10. The van der Waals surface area contributed by atoms with Gasteiger partial charge < -0.3 is 10.0 Å². The van der Waals surface area contributed by atoms with Crippen molar-refractivity contribution in [3.63, 3.8) is 0 Å². The number of thiophene rings is 1. The van der Waals surface area contributed by atoms with Crippen molar-refractivity contribution in [1.82, 2.24) is 0 Å². The van der Waals surface area contributed by atoms with E-state index < -0.39 is 5.97 Å². The first-order valence-corrected chi connectivity index (χ1v) is 7.67. The zero-order valence-electron chi connectivity index (χ0n) is 10.6. The standard InChI is InChI=1S/C14H9Cl2NO3S/c15-11-6-9(12(16)21-11)13(18)17-4-3-7-1-2-8(14(19)20)5-10(7)17/h1-2,5-6H,3-4H2,(H,19,20). The molecular weight excluding hydrogens is 333 g/mol. The Morgan fingerprint density at radius 3 is 2.62 bits per heavy atom. The maximum absolute atomic E-state index is 12.6. The average molecular weight is 342 g/mol. The Morgan fingerprint density at radius 2 is 2.00 bits per heavy atom. The van der Waals surface area contributed by atoms with Crippen molar-refractivity contribution in [2.75, 3.05) is 11.4 Å². The number of aromatic carboxylic acids is 1. The van der Waals surface area contributed by atoms with E-state index in [0.717, 1.165) is 16.9 Å². The number of carbonyl (C=O) groups is 2. The van der Waals surface area contributed by atoms with E-state index in [1.54, 1.807) is 17.0 Å². The van der Waals surface area contributed by atoms with E-state index in [1.165, 1.54) is 12.1 Å². The Labute approximate surface area is 134 Å². The molecule has 1 aromatic carbocycles. The van der Waals surface area contributed by atoms with Crippen LogP contribution in [0.5, 0.6) is 0 Å². The molecule has 0 bridgehead atoms. The van der Waals surface area contributed by atoms with E-state index >= 15 is 0 Å². The molecule has 0 saturated heterocycles. The maximum Gasteiger partial charge on any atom is 0.335 e. The predicted octanol–water partition coefficient (Wildman–Crippen LogP) is 3.96. The lowest BCUT2D eigenvalue weighted by atomic mass is 10.1. The van der Waals surface area contributed by atoms with Crippen LogP contribution in [0.4, 0.5) is 5.69 Å². The molecule has 108 valence electrons. The van der Waals surface area contributed by atoms with Crippen LogP contribution in [0, 0.1) is 0 Å². The number of nitrogens with zero attached hydrogens (tertiary/aromatic N) is 1. The fourth-order valence-corrected chi connectivity index (χ4v) is 3.80. The highest BCUT2D eigenvalue weighted by molar-refractivity contribution is 7.20. The van der Waals surface area contributed by atoms with E-state index in [2.05, 4.69) is 0 Å². The molecular formula is C14H9Cl2NO3S. The molecule has 1 aliphatic rings. The van der Waals surface area contributed by atoms with Crippen LogP contribution in [0.25, 0.3) is 0 Å². The number of amides is 1. The van der Waals surface area contributed by atoms with E-state index in [4.69, 9.17) is 28.3 Å². The van der Waals surface area contributed by atoms with Crippen LogP contribution in [0.2, 0.25) is 8.67 Å². The van der Waals surface area contributed by atoms with Gasteiger partial charge in [-0.2, -0.15) is 0 Å². The summed E-state index contributed by atoms with van der Waals surface area (Å²) in [5.41, 5.74) is 2.08. The summed E-state index contributed by atoms with van der Waals surface area (Å²) >= 11 is 13.0. The number of rotatable bonds is 2. The molecule has 0 spiro atoms. The third-order valence-electron chi connectivity index (χ3n) is 3.36. The summed E-state index contributed by atoms with van der Waals surface area (Å²) < 4.78 is 0.787. The number of halogens is 2. The predicted molar refractivity (Wildman–Crippen MR) is 83.1 cm³/mol. The van der Waals surface area contributed by atoms with Gasteiger partial charge in [0.05, 0.1) is 15.5 Å². The van der Waals surface area contributed by atoms with Gasteiger partial charge in [0.15, 0.2) is 0 Å². The molecule has 2 aromatic rings. The molecule has 21 heavy (non-hydrogen) atoms. The fraction of sp³-hybridized carbons (Fsp3) is 0.143. The second kappa shape index (κ2) is 5.33. The number of fused-ring (bicyclic) bond motifs is 1. The van der Waals surface area contributed by atoms with Gasteiger partial charge in [0.25, 0.3) is 5.91 Å². The third-order valence-corrected chi connectivity index (χ3v) is 4.85. The maximum atomic E-state index is 12.6. The molecule has 0 saturated carbocycles. The van der Waals surface area contributed by atoms with Gasteiger partial charge in [-0.15, -0.1) is 11.3 Å². The van der Waals surface area contributed by atoms with Gasteiger partial charge >= 0.3 is 5.97 Å². The third kappa shape index (κ3) is 2.52. The summed E-state index contributed by atoms with van der Waals surface area (Å²) in [6.45, 7) is 0.501. The Balaban J connectivity index is 2.00. The quantitative estimate of drug-likeness (QED) is 0.899. The van der Waals surface area contributed by atoms with E-state index in [0.29, 0.717) is 32.9 Å². The Morgan fingerprint density at radius 1 is 1.24 bits per heavy atom. The summed E-state index contributed by atoms with van der Waals surface area (Å²) in [7, 11) is 0. The number of benzene rings is 1. The minimum absolute atomic E-state index is 0.155. The highest BCUT2D eigenvalue weighted by Crippen LogP contribution is 2.35. The average Bonchev–Trinajstić information content (AvgIpc) is 3.00. The van der Waals surface area contributed by atoms with Crippen molar-refractivity contribution < 1.29 is 14.7 Å². The normalized spacial score (nSPS) is 13.3. The van der Waals surface area contributed by atoms with Crippen molar-refractivity contribution in [3.8, 4) is 0 Å². The largest absolute Gasteiger partial charge is 0.478 e. The summed E-state index contributed by atoms with van der Waals surface area (Å²) in [6.07, 6.45) is 0.691. The zero-order valence-corrected chi connectivity index (χ0v) is 12.9. The Hall–Kier alpha value is -1.56.